The number of amides is 1. The van der Waals surface area contributed by atoms with Gasteiger partial charge in [-0.2, -0.15) is 0 Å². The summed E-state index contributed by atoms with van der Waals surface area (Å²) in [6, 6.07) is 4.03. The van der Waals surface area contributed by atoms with Crippen molar-refractivity contribution >= 4 is 28.6 Å². The Hall–Kier alpha value is -1.20. The van der Waals surface area contributed by atoms with Crippen molar-refractivity contribution in [2.24, 2.45) is 0 Å². The van der Waals surface area contributed by atoms with Crippen LogP contribution in [0.5, 0.6) is 0 Å². The Morgan fingerprint density at radius 1 is 1.32 bits per heavy atom. The molecule has 0 bridgehead atoms. The number of likely N-dealkylation sites (tertiary alicyclic amines) is 1. The first-order valence-electron chi connectivity index (χ1n) is 6.52. The van der Waals surface area contributed by atoms with E-state index >= 15 is 0 Å². The fraction of sp³-hybridized carbons (Fsp3) is 0.429. The summed E-state index contributed by atoms with van der Waals surface area (Å²) >= 11 is 3.39. The van der Waals surface area contributed by atoms with Gasteiger partial charge in [0.1, 0.15) is 0 Å². The number of thiophene rings is 1. The van der Waals surface area contributed by atoms with Crippen LogP contribution in [0.4, 0.5) is 0 Å². The summed E-state index contributed by atoms with van der Waals surface area (Å²) in [7, 11) is 0. The lowest BCUT2D eigenvalue weighted by Crippen LogP contribution is -2.38. The Kier molecular flexibility index (Phi) is 3.94. The summed E-state index contributed by atoms with van der Waals surface area (Å²) in [5.74, 6) is 0.811. The Morgan fingerprint density at radius 2 is 2.16 bits per heavy atom. The van der Waals surface area contributed by atoms with Gasteiger partial charge < -0.3 is 4.90 Å². The number of thiazole rings is 1. The van der Waals surface area contributed by atoms with Gasteiger partial charge in [0.15, 0.2) is 0 Å². The predicted octanol–water partition coefficient (Wildman–Crippen LogP) is 3.15. The minimum absolute atomic E-state index is 0.264. The SMILES string of the molecule is O=C(Cc1cccs1)N1CCC(c2nccs2)CC1. The average molecular weight is 292 g/mol. The minimum atomic E-state index is 0.264. The van der Waals surface area contributed by atoms with Gasteiger partial charge in [0, 0.05) is 35.5 Å². The molecule has 0 atom stereocenters. The number of rotatable bonds is 3. The van der Waals surface area contributed by atoms with Crippen LogP contribution in [-0.2, 0) is 11.2 Å². The maximum Gasteiger partial charge on any atom is 0.227 e. The molecular weight excluding hydrogens is 276 g/mol. The molecule has 0 aliphatic carbocycles. The van der Waals surface area contributed by atoms with Gasteiger partial charge in [0.2, 0.25) is 5.91 Å². The van der Waals surface area contributed by atoms with Crippen LogP contribution in [0.2, 0.25) is 0 Å². The van der Waals surface area contributed by atoms with E-state index < -0.39 is 0 Å². The van der Waals surface area contributed by atoms with E-state index in [4.69, 9.17) is 0 Å². The third-order valence-electron chi connectivity index (χ3n) is 3.55. The van der Waals surface area contributed by atoms with Gasteiger partial charge in [-0.25, -0.2) is 4.98 Å². The predicted molar refractivity (Wildman–Crippen MR) is 78.7 cm³/mol. The van der Waals surface area contributed by atoms with Crippen LogP contribution < -0.4 is 0 Å². The molecule has 19 heavy (non-hydrogen) atoms. The number of hydrogen-bond donors (Lipinski definition) is 0. The van der Waals surface area contributed by atoms with Gasteiger partial charge in [-0.1, -0.05) is 6.07 Å². The molecule has 1 aliphatic heterocycles. The lowest BCUT2D eigenvalue weighted by atomic mass is 9.97. The molecule has 0 radical (unpaired) electrons. The highest BCUT2D eigenvalue weighted by Gasteiger charge is 2.25. The van der Waals surface area contributed by atoms with Crippen LogP contribution in [0.3, 0.4) is 0 Å². The van der Waals surface area contributed by atoms with Crippen LogP contribution in [0.15, 0.2) is 29.1 Å². The molecule has 0 unspecified atom stereocenters. The van der Waals surface area contributed by atoms with Crippen molar-refractivity contribution in [1.29, 1.82) is 0 Å². The summed E-state index contributed by atoms with van der Waals surface area (Å²) < 4.78 is 0. The molecule has 0 aromatic carbocycles. The number of hydrogen-bond acceptors (Lipinski definition) is 4. The van der Waals surface area contributed by atoms with Crippen molar-refractivity contribution in [2.75, 3.05) is 13.1 Å². The van der Waals surface area contributed by atoms with E-state index in [1.807, 2.05) is 34.0 Å². The second kappa shape index (κ2) is 5.84. The Morgan fingerprint density at radius 3 is 2.79 bits per heavy atom. The van der Waals surface area contributed by atoms with E-state index in [9.17, 15) is 4.79 Å². The summed E-state index contributed by atoms with van der Waals surface area (Å²) in [5.41, 5.74) is 0. The largest absolute Gasteiger partial charge is 0.342 e. The van der Waals surface area contributed by atoms with Crippen molar-refractivity contribution < 1.29 is 4.79 Å². The van der Waals surface area contributed by atoms with Gasteiger partial charge in [-0.3, -0.25) is 4.79 Å². The minimum Gasteiger partial charge on any atom is -0.342 e. The number of aromatic nitrogens is 1. The van der Waals surface area contributed by atoms with Gasteiger partial charge in [0.05, 0.1) is 11.4 Å². The Bertz CT molecular complexity index is 514. The molecule has 1 saturated heterocycles. The third kappa shape index (κ3) is 3.04. The molecule has 2 aromatic heterocycles. The molecule has 1 fully saturated rings. The summed E-state index contributed by atoms with van der Waals surface area (Å²) in [6.07, 6.45) is 4.52. The molecule has 0 N–H and O–H groups in total. The fourth-order valence-electron chi connectivity index (χ4n) is 2.49. The van der Waals surface area contributed by atoms with Crippen molar-refractivity contribution in [1.82, 2.24) is 9.88 Å². The normalized spacial score (nSPS) is 16.7. The molecule has 3 heterocycles. The lowest BCUT2D eigenvalue weighted by Gasteiger charge is -2.31. The van der Waals surface area contributed by atoms with E-state index in [1.54, 1.807) is 22.7 Å². The first-order chi connectivity index (χ1) is 9.33. The standard InChI is InChI=1S/C14H16N2OS2/c17-13(10-12-2-1-8-18-12)16-6-3-11(4-7-16)14-15-5-9-19-14/h1-2,5,8-9,11H,3-4,6-7,10H2. The summed E-state index contributed by atoms with van der Waals surface area (Å²) in [5, 5.41) is 5.28. The van der Waals surface area contributed by atoms with Crippen LogP contribution in [0.1, 0.15) is 28.6 Å². The highest BCUT2D eigenvalue weighted by atomic mass is 32.1. The number of carbonyl (C=O) groups is 1. The zero-order valence-electron chi connectivity index (χ0n) is 10.6. The molecule has 1 amide bonds. The van der Waals surface area contributed by atoms with E-state index in [0.717, 1.165) is 30.8 Å². The molecular formula is C14H16N2OS2. The van der Waals surface area contributed by atoms with Crippen LogP contribution in [-0.4, -0.2) is 28.9 Å². The average Bonchev–Trinajstić information content (AvgIpc) is 3.12. The first-order valence-corrected chi connectivity index (χ1v) is 8.28. The van der Waals surface area contributed by atoms with Gasteiger partial charge >= 0.3 is 0 Å². The molecule has 1 aliphatic rings. The van der Waals surface area contributed by atoms with Crippen molar-refractivity contribution in [3.63, 3.8) is 0 Å². The number of nitrogens with zero attached hydrogens (tertiary/aromatic N) is 2. The second-order valence-corrected chi connectivity index (χ2v) is 6.74. The summed E-state index contributed by atoms with van der Waals surface area (Å²) in [6.45, 7) is 1.74. The van der Waals surface area contributed by atoms with E-state index in [1.165, 1.54) is 5.01 Å². The van der Waals surface area contributed by atoms with E-state index in [-0.39, 0.29) is 5.91 Å². The van der Waals surface area contributed by atoms with Gasteiger partial charge in [-0.15, -0.1) is 22.7 Å². The summed E-state index contributed by atoms with van der Waals surface area (Å²) in [4.78, 5) is 19.7. The molecule has 3 nitrogen and oxygen atoms in total. The van der Waals surface area contributed by atoms with Gasteiger partial charge in [0.25, 0.3) is 0 Å². The van der Waals surface area contributed by atoms with Crippen LogP contribution >= 0.6 is 22.7 Å². The lowest BCUT2D eigenvalue weighted by molar-refractivity contribution is -0.131. The molecule has 2 aromatic rings. The zero-order valence-corrected chi connectivity index (χ0v) is 12.3. The van der Waals surface area contributed by atoms with Crippen LogP contribution in [0, 0.1) is 0 Å². The second-order valence-electron chi connectivity index (χ2n) is 4.78. The molecule has 3 rings (SSSR count). The fourth-order valence-corrected chi connectivity index (χ4v) is 3.99. The zero-order chi connectivity index (χ0) is 13.1. The van der Waals surface area contributed by atoms with Crippen LogP contribution in [0.25, 0.3) is 0 Å². The Labute approximate surface area is 120 Å². The monoisotopic (exact) mass is 292 g/mol. The highest BCUT2D eigenvalue weighted by Crippen LogP contribution is 2.29. The van der Waals surface area contributed by atoms with Crippen molar-refractivity contribution in [3.8, 4) is 0 Å². The van der Waals surface area contributed by atoms with E-state index in [2.05, 4.69) is 4.98 Å². The molecule has 5 heteroatoms. The van der Waals surface area contributed by atoms with Crippen molar-refractivity contribution in [2.45, 2.75) is 25.2 Å². The van der Waals surface area contributed by atoms with Crippen molar-refractivity contribution in [3.05, 3.63) is 39.0 Å². The maximum absolute atomic E-state index is 12.2. The number of piperidine rings is 1. The Balaban J connectivity index is 1.54. The third-order valence-corrected chi connectivity index (χ3v) is 5.37. The molecule has 0 spiro atoms. The first kappa shape index (κ1) is 12.8. The van der Waals surface area contributed by atoms with E-state index in [0.29, 0.717) is 12.3 Å². The quantitative estimate of drug-likeness (QED) is 0.870. The highest BCUT2D eigenvalue weighted by molar-refractivity contribution is 7.10. The molecule has 100 valence electrons. The molecule has 0 saturated carbocycles. The smallest absolute Gasteiger partial charge is 0.227 e. The maximum atomic E-state index is 12.2. The van der Waals surface area contributed by atoms with Gasteiger partial charge in [-0.05, 0) is 24.3 Å². The number of carbonyl (C=O) groups excluding carboxylic acids is 1. The topological polar surface area (TPSA) is 33.2 Å².